The molecule has 1 aromatic heterocycles. The third kappa shape index (κ3) is 3.10. The molecule has 0 aliphatic heterocycles. The third-order valence-corrected chi connectivity index (χ3v) is 4.00. The molecule has 0 radical (unpaired) electrons. The van der Waals surface area contributed by atoms with Crippen LogP contribution in [0.25, 0.3) is 22.0 Å². The molecule has 120 valence electrons. The smallest absolute Gasteiger partial charge is 0.267 e. The lowest BCUT2D eigenvalue weighted by atomic mass is 10.0. The summed E-state index contributed by atoms with van der Waals surface area (Å²) in [5.41, 5.74) is 3.72. The Kier molecular flexibility index (Phi) is 3.92. The van der Waals surface area contributed by atoms with Crippen LogP contribution in [0.3, 0.4) is 0 Å². The van der Waals surface area contributed by atoms with Gasteiger partial charge in [-0.1, -0.05) is 66.7 Å². The summed E-state index contributed by atoms with van der Waals surface area (Å²) in [4.78, 5) is 16.7. The fraction of sp³-hybridized carbons (Fsp3) is 0. The zero-order valence-electron chi connectivity index (χ0n) is 13.4. The summed E-state index contributed by atoms with van der Waals surface area (Å²) in [6.45, 7) is 0. The third-order valence-electron chi connectivity index (χ3n) is 4.00. The molecule has 0 aliphatic rings. The average molecular weight is 325 g/mol. The number of rotatable bonds is 3. The van der Waals surface area contributed by atoms with Crippen LogP contribution >= 0.6 is 0 Å². The van der Waals surface area contributed by atoms with Crippen molar-refractivity contribution in [1.82, 2.24) is 9.66 Å². The SMILES string of the molecule is O=c1c2ccccc2ncn1N=Cc1ccc(-c2ccccc2)cc1. The second-order valence-corrected chi connectivity index (χ2v) is 5.64. The van der Waals surface area contributed by atoms with Gasteiger partial charge in [-0.3, -0.25) is 4.79 Å². The number of fused-ring (bicyclic) bond motifs is 1. The van der Waals surface area contributed by atoms with Gasteiger partial charge in [-0.05, 0) is 28.8 Å². The van der Waals surface area contributed by atoms with Crippen LogP contribution in [0, 0.1) is 0 Å². The van der Waals surface area contributed by atoms with Crippen LogP contribution in [-0.2, 0) is 0 Å². The standard InChI is InChI=1S/C21H15N3O/c25-21-19-8-4-5-9-20(19)22-15-24(21)23-14-16-10-12-18(13-11-16)17-6-2-1-3-7-17/h1-15H. The maximum atomic E-state index is 12.4. The highest BCUT2D eigenvalue weighted by Crippen LogP contribution is 2.18. The van der Waals surface area contributed by atoms with E-state index >= 15 is 0 Å². The van der Waals surface area contributed by atoms with Crippen LogP contribution in [-0.4, -0.2) is 15.9 Å². The van der Waals surface area contributed by atoms with Crippen LogP contribution in [0.1, 0.15) is 5.56 Å². The number of para-hydroxylation sites is 1. The molecule has 0 spiro atoms. The molecular weight excluding hydrogens is 310 g/mol. The van der Waals surface area contributed by atoms with Crippen LogP contribution in [0.15, 0.2) is 95.1 Å². The zero-order valence-corrected chi connectivity index (χ0v) is 13.4. The van der Waals surface area contributed by atoms with Gasteiger partial charge in [0.05, 0.1) is 17.1 Å². The number of hydrogen-bond donors (Lipinski definition) is 0. The van der Waals surface area contributed by atoms with Crippen molar-refractivity contribution >= 4 is 17.1 Å². The molecule has 25 heavy (non-hydrogen) atoms. The van der Waals surface area contributed by atoms with Crippen molar-refractivity contribution in [2.75, 3.05) is 0 Å². The molecule has 0 N–H and O–H groups in total. The van der Waals surface area contributed by atoms with E-state index in [0.717, 1.165) is 11.1 Å². The van der Waals surface area contributed by atoms with E-state index in [1.165, 1.54) is 16.6 Å². The molecule has 1 heterocycles. The summed E-state index contributed by atoms with van der Waals surface area (Å²) >= 11 is 0. The molecule has 4 aromatic rings. The van der Waals surface area contributed by atoms with E-state index in [-0.39, 0.29) is 5.56 Å². The zero-order chi connectivity index (χ0) is 17.1. The number of nitrogens with zero attached hydrogens (tertiary/aromatic N) is 3. The van der Waals surface area contributed by atoms with E-state index in [4.69, 9.17) is 0 Å². The number of benzene rings is 3. The van der Waals surface area contributed by atoms with Crippen LogP contribution in [0.2, 0.25) is 0 Å². The summed E-state index contributed by atoms with van der Waals surface area (Å²) in [7, 11) is 0. The second kappa shape index (κ2) is 6.53. The lowest BCUT2D eigenvalue weighted by molar-refractivity contribution is 0.817. The first-order chi connectivity index (χ1) is 12.3. The van der Waals surface area contributed by atoms with E-state index in [0.29, 0.717) is 10.9 Å². The molecule has 4 heteroatoms. The summed E-state index contributed by atoms with van der Waals surface area (Å²) in [6, 6.07) is 25.5. The Morgan fingerprint density at radius 3 is 2.28 bits per heavy atom. The molecule has 0 aliphatic carbocycles. The highest BCUT2D eigenvalue weighted by molar-refractivity contribution is 5.81. The van der Waals surface area contributed by atoms with Gasteiger partial charge in [-0.15, -0.1) is 0 Å². The quantitative estimate of drug-likeness (QED) is 0.536. The van der Waals surface area contributed by atoms with Gasteiger partial charge in [0.1, 0.15) is 6.33 Å². The van der Waals surface area contributed by atoms with Crippen molar-refractivity contribution in [3.8, 4) is 11.1 Å². The first-order valence-electron chi connectivity index (χ1n) is 7.97. The van der Waals surface area contributed by atoms with Gasteiger partial charge < -0.3 is 0 Å². The first kappa shape index (κ1) is 15.0. The normalized spacial score (nSPS) is 11.2. The minimum Gasteiger partial charge on any atom is -0.267 e. The second-order valence-electron chi connectivity index (χ2n) is 5.64. The fourth-order valence-corrected chi connectivity index (χ4v) is 2.66. The molecule has 0 unspecified atom stereocenters. The van der Waals surface area contributed by atoms with Crippen molar-refractivity contribution < 1.29 is 0 Å². The predicted octanol–water partition coefficient (Wildman–Crippen LogP) is 3.95. The summed E-state index contributed by atoms with van der Waals surface area (Å²) in [6.07, 6.45) is 3.10. The van der Waals surface area contributed by atoms with E-state index < -0.39 is 0 Å². The molecular formula is C21H15N3O. The Bertz CT molecular complexity index is 1100. The van der Waals surface area contributed by atoms with Gasteiger partial charge in [-0.25, -0.2) is 4.98 Å². The topological polar surface area (TPSA) is 47.2 Å². The van der Waals surface area contributed by atoms with Crippen molar-refractivity contribution in [2.45, 2.75) is 0 Å². The van der Waals surface area contributed by atoms with Gasteiger partial charge in [0, 0.05) is 0 Å². The Labute approximate surface area is 144 Å². The highest BCUT2D eigenvalue weighted by atomic mass is 16.1. The fourth-order valence-electron chi connectivity index (χ4n) is 2.66. The van der Waals surface area contributed by atoms with Gasteiger partial charge in [0.15, 0.2) is 0 Å². The Balaban J connectivity index is 1.62. The van der Waals surface area contributed by atoms with Crippen molar-refractivity contribution in [2.24, 2.45) is 5.10 Å². The molecule has 0 saturated heterocycles. The minimum absolute atomic E-state index is 0.178. The Morgan fingerprint density at radius 1 is 0.800 bits per heavy atom. The van der Waals surface area contributed by atoms with Gasteiger partial charge in [-0.2, -0.15) is 9.78 Å². The predicted molar refractivity (Wildman–Crippen MR) is 101 cm³/mol. The summed E-state index contributed by atoms with van der Waals surface area (Å²) in [5.74, 6) is 0. The minimum atomic E-state index is -0.178. The Morgan fingerprint density at radius 2 is 1.48 bits per heavy atom. The van der Waals surface area contributed by atoms with Crippen LogP contribution < -0.4 is 5.56 Å². The van der Waals surface area contributed by atoms with Crippen LogP contribution in [0.4, 0.5) is 0 Å². The summed E-state index contributed by atoms with van der Waals surface area (Å²) in [5, 5.41) is 4.80. The van der Waals surface area contributed by atoms with E-state index in [1.54, 1.807) is 12.3 Å². The molecule has 4 nitrogen and oxygen atoms in total. The average Bonchev–Trinajstić information content (AvgIpc) is 2.69. The summed E-state index contributed by atoms with van der Waals surface area (Å²) < 4.78 is 1.26. The van der Waals surface area contributed by atoms with E-state index in [1.807, 2.05) is 60.7 Å². The van der Waals surface area contributed by atoms with Crippen LogP contribution in [0.5, 0.6) is 0 Å². The maximum Gasteiger partial charge on any atom is 0.281 e. The lowest BCUT2D eigenvalue weighted by Gasteiger charge is -2.02. The number of hydrogen-bond acceptors (Lipinski definition) is 3. The Hall–Kier alpha value is -3.53. The molecule has 0 atom stereocenters. The maximum absolute atomic E-state index is 12.4. The van der Waals surface area contributed by atoms with Crippen molar-refractivity contribution in [1.29, 1.82) is 0 Å². The monoisotopic (exact) mass is 325 g/mol. The molecule has 0 saturated carbocycles. The largest absolute Gasteiger partial charge is 0.281 e. The lowest BCUT2D eigenvalue weighted by Crippen LogP contribution is -2.16. The highest BCUT2D eigenvalue weighted by Gasteiger charge is 2.01. The molecule has 0 bridgehead atoms. The molecule has 0 amide bonds. The van der Waals surface area contributed by atoms with Crippen molar-refractivity contribution in [3.63, 3.8) is 0 Å². The van der Waals surface area contributed by atoms with Gasteiger partial charge >= 0.3 is 0 Å². The van der Waals surface area contributed by atoms with Gasteiger partial charge in [0.25, 0.3) is 5.56 Å². The molecule has 0 fully saturated rings. The molecule has 4 rings (SSSR count). The van der Waals surface area contributed by atoms with E-state index in [2.05, 4.69) is 22.2 Å². The van der Waals surface area contributed by atoms with E-state index in [9.17, 15) is 4.79 Å². The van der Waals surface area contributed by atoms with Crippen molar-refractivity contribution in [3.05, 3.63) is 101 Å². The number of aromatic nitrogens is 2. The molecule has 3 aromatic carbocycles. The van der Waals surface area contributed by atoms with Gasteiger partial charge in [0.2, 0.25) is 0 Å². The first-order valence-corrected chi connectivity index (χ1v) is 7.97.